The zero-order valence-electron chi connectivity index (χ0n) is 25.3. The zero-order chi connectivity index (χ0) is 27.8. The van der Waals surface area contributed by atoms with Crippen molar-refractivity contribution in [3.05, 3.63) is 0 Å². The smallest absolute Gasteiger partial charge is 0.101 e. The van der Waals surface area contributed by atoms with E-state index in [1.54, 1.807) is 0 Å². The second-order valence-electron chi connectivity index (χ2n) is 18.5. The maximum absolute atomic E-state index is 6.75. The van der Waals surface area contributed by atoms with Crippen LogP contribution in [-0.2, 0) is 0 Å². The average molecular weight is 603 g/mol. The Bertz CT molecular complexity index is 992. The average Bonchev–Trinajstić information content (AvgIpc) is 3.71. The van der Waals surface area contributed by atoms with Gasteiger partial charge in [0.05, 0.1) is 0 Å². The minimum atomic E-state index is -0.452. The zero-order valence-corrected chi connectivity index (χ0v) is 28.3. The van der Waals surface area contributed by atoms with Gasteiger partial charge in [0.2, 0.25) is 0 Å². The van der Waals surface area contributed by atoms with Crippen LogP contribution in [0.25, 0.3) is 0 Å². The molecule has 0 bridgehead atoms. The summed E-state index contributed by atoms with van der Waals surface area (Å²) < 4.78 is -0.904. The summed E-state index contributed by atoms with van der Waals surface area (Å²) in [6, 6.07) is 0. The molecule has 8 aliphatic rings. The van der Waals surface area contributed by atoms with Crippen molar-refractivity contribution in [2.24, 2.45) is 67.0 Å². The maximum Gasteiger partial charge on any atom is 0.127 e. The molecular weight excluding hydrogens is 550 g/mol. The summed E-state index contributed by atoms with van der Waals surface area (Å²) in [4.78, 5) is 0. The summed E-state index contributed by atoms with van der Waals surface area (Å²) in [5.41, 5.74) is 3.54. The molecular formula is C34H52Cl4. The summed E-state index contributed by atoms with van der Waals surface area (Å²) >= 11 is 27.0. The van der Waals surface area contributed by atoms with Gasteiger partial charge in [-0.1, -0.05) is 68.2 Å². The molecule has 0 N–H and O–H groups in total. The molecule has 0 aromatic rings. The van der Waals surface area contributed by atoms with Gasteiger partial charge >= 0.3 is 0 Å². The van der Waals surface area contributed by atoms with Crippen LogP contribution >= 0.6 is 46.4 Å². The highest BCUT2D eigenvalue weighted by Crippen LogP contribution is 2.90. The lowest BCUT2D eigenvalue weighted by Gasteiger charge is -2.45. The first-order chi connectivity index (χ1) is 17.2. The highest BCUT2D eigenvalue weighted by molar-refractivity contribution is 6.52. The van der Waals surface area contributed by atoms with Crippen molar-refractivity contribution in [3.63, 3.8) is 0 Å². The van der Waals surface area contributed by atoms with E-state index < -0.39 is 8.67 Å². The summed E-state index contributed by atoms with van der Waals surface area (Å²) in [5.74, 6) is 2.54. The van der Waals surface area contributed by atoms with Crippen molar-refractivity contribution in [2.75, 3.05) is 0 Å². The molecule has 0 saturated heterocycles. The fourth-order valence-corrected chi connectivity index (χ4v) is 15.4. The Morgan fingerprint density at radius 2 is 0.763 bits per heavy atom. The first kappa shape index (κ1) is 28.0. The van der Waals surface area contributed by atoms with Crippen LogP contribution in [0.3, 0.4) is 0 Å². The molecule has 0 nitrogen and oxygen atoms in total. The van der Waals surface area contributed by atoms with Crippen molar-refractivity contribution in [1.29, 1.82) is 0 Å². The number of hydrogen-bond acceptors (Lipinski definition) is 0. The third-order valence-electron chi connectivity index (χ3n) is 15.9. The summed E-state index contributed by atoms with van der Waals surface area (Å²) in [5, 5.41) is 0. The normalized spacial score (nSPS) is 60.3. The number of hydrogen-bond donors (Lipinski definition) is 0. The number of rotatable bonds is 0. The van der Waals surface area contributed by atoms with Crippen molar-refractivity contribution >= 4 is 46.4 Å². The molecule has 8 rings (SSSR count). The molecule has 0 unspecified atom stereocenters. The Kier molecular flexibility index (Phi) is 5.35. The Hall–Kier alpha value is 1.16. The van der Waals surface area contributed by atoms with Gasteiger partial charge in [-0.25, -0.2) is 0 Å². The van der Waals surface area contributed by atoms with Gasteiger partial charge in [0.25, 0.3) is 0 Å². The van der Waals surface area contributed by atoms with Crippen LogP contribution in [0.4, 0.5) is 0 Å². The SMILES string of the molecule is CC1(C)CCC[C@@]2(C)C[C@]23CC[C@]2(C)[C@H]([C@H]13)C2(Cl)Cl.CC1(C)CCC[C@@]2(C)C[C@]23CC[C@]2(C)[C@H]([C@H]13)C2(Cl)Cl. The largest absolute Gasteiger partial charge is 0.127 e. The molecule has 0 aromatic carbocycles. The van der Waals surface area contributed by atoms with Gasteiger partial charge in [-0.3, -0.25) is 0 Å². The van der Waals surface area contributed by atoms with Gasteiger partial charge in [-0.2, -0.15) is 0 Å². The lowest BCUT2D eigenvalue weighted by atomic mass is 9.59. The standard InChI is InChI=1S/2C17H26Cl2/c2*1-13(2)6-5-7-14(3)10-16(14)9-8-15(4)12(11(13)16)17(15,18)19/h2*11-12H,5-10H2,1-4H3/t2*11-,12+,14+,15-,16+/m11/s1. The fourth-order valence-electron chi connectivity index (χ4n) is 13.3. The van der Waals surface area contributed by atoms with Crippen LogP contribution in [0.1, 0.15) is 132 Å². The van der Waals surface area contributed by atoms with Gasteiger partial charge in [-0.05, 0) is 109 Å². The Labute approximate surface area is 253 Å². The van der Waals surface area contributed by atoms with Crippen LogP contribution in [0.5, 0.6) is 0 Å². The molecule has 0 radical (unpaired) electrons. The van der Waals surface area contributed by atoms with E-state index in [1.165, 1.54) is 77.0 Å². The highest BCUT2D eigenvalue weighted by atomic mass is 35.5. The lowest BCUT2D eigenvalue weighted by Crippen LogP contribution is -2.39. The molecule has 0 amide bonds. The van der Waals surface area contributed by atoms with Crippen LogP contribution in [0, 0.1) is 67.0 Å². The van der Waals surface area contributed by atoms with Crippen LogP contribution in [0.15, 0.2) is 0 Å². The Balaban J connectivity index is 0.000000127. The summed E-state index contributed by atoms with van der Waals surface area (Å²) in [6.07, 6.45) is 16.4. The Morgan fingerprint density at radius 1 is 0.421 bits per heavy atom. The lowest BCUT2D eigenvalue weighted by molar-refractivity contribution is 0.0289. The van der Waals surface area contributed by atoms with Crippen LogP contribution in [0.2, 0.25) is 0 Å². The van der Waals surface area contributed by atoms with E-state index in [-0.39, 0.29) is 10.8 Å². The molecule has 2 spiro atoms. The molecule has 216 valence electrons. The van der Waals surface area contributed by atoms with Crippen LogP contribution < -0.4 is 0 Å². The minimum absolute atomic E-state index is 0.192. The molecule has 8 fully saturated rings. The van der Waals surface area contributed by atoms with Crippen molar-refractivity contribution in [1.82, 2.24) is 0 Å². The van der Waals surface area contributed by atoms with E-state index in [1.807, 2.05) is 0 Å². The van der Waals surface area contributed by atoms with Gasteiger partial charge in [0.1, 0.15) is 8.67 Å². The molecule has 0 heterocycles. The minimum Gasteiger partial charge on any atom is -0.101 e. The van der Waals surface area contributed by atoms with E-state index in [0.29, 0.717) is 44.3 Å². The second kappa shape index (κ2) is 7.27. The summed E-state index contributed by atoms with van der Waals surface area (Å²) in [7, 11) is 0. The molecule has 10 atom stereocenters. The van der Waals surface area contributed by atoms with Crippen molar-refractivity contribution < 1.29 is 0 Å². The monoisotopic (exact) mass is 600 g/mol. The number of halogens is 4. The van der Waals surface area contributed by atoms with Crippen LogP contribution in [-0.4, -0.2) is 8.67 Å². The third kappa shape index (κ3) is 3.00. The predicted octanol–water partition coefficient (Wildman–Crippen LogP) is 11.6. The van der Waals surface area contributed by atoms with E-state index in [4.69, 9.17) is 46.4 Å². The van der Waals surface area contributed by atoms with E-state index in [0.717, 1.165) is 11.8 Å². The van der Waals surface area contributed by atoms with Gasteiger partial charge in [-0.15, -0.1) is 46.4 Å². The van der Waals surface area contributed by atoms with Crippen molar-refractivity contribution in [3.8, 4) is 0 Å². The number of alkyl halides is 4. The molecule has 8 saturated carbocycles. The molecule has 4 heteroatoms. The molecule has 0 aromatic heterocycles. The van der Waals surface area contributed by atoms with E-state index in [9.17, 15) is 0 Å². The summed E-state index contributed by atoms with van der Waals surface area (Å²) in [6.45, 7) is 19.7. The second-order valence-corrected chi connectivity index (χ2v) is 21.2. The molecule has 8 aliphatic carbocycles. The quantitative estimate of drug-likeness (QED) is 0.242. The maximum atomic E-state index is 6.75. The first-order valence-corrected chi connectivity index (χ1v) is 17.5. The molecule has 0 aliphatic heterocycles. The fraction of sp³-hybridized carbons (Fsp3) is 1.00. The first-order valence-electron chi connectivity index (χ1n) is 16.0. The third-order valence-corrected chi connectivity index (χ3v) is 18.6. The van der Waals surface area contributed by atoms with Gasteiger partial charge < -0.3 is 0 Å². The highest BCUT2D eigenvalue weighted by Gasteiger charge is 2.87. The topological polar surface area (TPSA) is 0 Å². The van der Waals surface area contributed by atoms with Crippen molar-refractivity contribution in [2.45, 2.75) is 141 Å². The predicted molar refractivity (Wildman–Crippen MR) is 163 cm³/mol. The van der Waals surface area contributed by atoms with Gasteiger partial charge in [0, 0.05) is 22.7 Å². The van der Waals surface area contributed by atoms with E-state index >= 15 is 0 Å². The van der Waals surface area contributed by atoms with Gasteiger partial charge in [0.15, 0.2) is 0 Å². The Morgan fingerprint density at radius 3 is 1.11 bits per heavy atom. The number of fused-ring (bicyclic) bond motifs is 4. The molecule has 38 heavy (non-hydrogen) atoms. The van der Waals surface area contributed by atoms with E-state index in [2.05, 4.69) is 55.4 Å².